The summed E-state index contributed by atoms with van der Waals surface area (Å²) in [4.78, 5) is 4.91. The van der Waals surface area contributed by atoms with Crippen molar-refractivity contribution in [2.24, 2.45) is 0 Å². The van der Waals surface area contributed by atoms with Crippen LogP contribution in [0.2, 0.25) is 0 Å². The van der Waals surface area contributed by atoms with Gasteiger partial charge in [0.25, 0.3) is 0 Å². The van der Waals surface area contributed by atoms with E-state index < -0.39 is 0 Å². The molecule has 1 aliphatic heterocycles. The molecule has 0 aliphatic carbocycles. The second-order valence-electron chi connectivity index (χ2n) is 6.38. The molecule has 0 bridgehead atoms. The highest BCUT2D eigenvalue weighted by molar-refractivity contribution is 5.48. The van der Waals surface area contributed by atoms with Gasteiger partial charge in [-0.1, -0.05) is 42.5 Å². The van der Waals surface area contributed by atoms with Gasteiger partial charge in [0.15, 0.2) is 0 Å². The van der Waals surface area contributed by atoms with Gasteiger partial charge >= 0.3 is 0 Å². The van der Waals surface area contributed by atoms with Gasteiger partial charge in [0.05, 0.1) is 6.10 Å². The van der Waals surface area contributed by atoms with E-state index in [1.165, 1.54) is 11.3 Å². The number of aliphatic hydroxyl groups is 1. The van der Waals surface area contributed by atoms with Gasteiger partial charge in [0.1, 0.15) is 0 Å². The fourth-order valence-corrected chi connectivity index (χ4v) is 3.20. The second kappa shape index (κ2) is 7.62. The Labute approximate surface area is 139 Å². The molecule has 1 atom stereocenters. The summed E-state index contributed by atoms with van der Waals surface area (Å²) in [5, 5.41) is 10.3. The molecule has 0 saturated carbocycles. The first-order valence-corrected chi connectivity index (χ1v) is 8.49. The first-order chi connectivity index (χ1) is 11.2. The van der Waals surface area contributed by atoms with Crippen LogP contribution in [0.3, 0.4) is 0 Å². The molecule has 122 valence electrons. The van der Waals surface area contributed by atoms with E-state index in [0.717, 1.165) is 44.7 Å². The van der Waals surface area contributed by atoms with Crippen LogP contribution >= 0.6 is 0 Å². The van der Waals surface area contributed by atoms with Crippen LogP contribution < -0.4 is 4.90 Å². The molecule has 0 spiro atoms. The third-order valence-corrected chi connectivity index (χ3v) is 4.64. The van der Waals surface area contributed by atoms with Gasteiger partial charge in [-0.05, 0) is 36.6 Å². The predicted molar refractivity (Wildman–Crippen MR) is 95.9 cm³/mol. The van der Waals surface area contributed by atoms with Crippen molar-refractivity contribution in [2.75, 3.05) is 37.6 Å². The van der Waals surface area contributed by atoms with Crippen molar-refractivity contribution in [1.29, 1.82) is 0 Å². The lowest BCUT2D eigenvalue weighted by molar-refractivity contribution is 0.139. The Morgan fingerprint density at radius 3 is 2.39 bits per heavy atom. The highest BCUT2D eigenvalue weighted by Crippen LogP contribution is 2.20. The molecule has 3 nitrogen and oxygen atoms in total. The number of hydrogen-bond donors (Lipinski definition) is 1. The predicted octanol–water partition coefficient (Wildman–Crippen LogP) is 3.24. The Balaban J connectivity index is 1.46. The van der Waals surface area contributed by atoms with Crippen LogP contribution in [-0.2, 0) is 0 Å². The molecule has 1 unspecified atom stereocenters. The zero-order valence-corrected chi connectivity index (χ0v) is 13.9. The van der Waals surface area contributed by atoms with Crippen molar-refractivity contribution >= 4 is 5.69 Å². The van der Waals surface area contributed by atoms with E-state index in [4.69, 9.17) is 0 Å². The minimum atomic E-state index is -0.356. The molecule has 3 heteroatoms. The van der Waals surface area contributed by atoms with Gasteiger partial charge in [0.2, 0.25) is 0 Å². The fraction of sp³-hybridized carbons (Fsp3) is 0.400. The van der Waals surface area contributed by atoms with Crippen LogP contribution in [0.1, 0.15) is 23.7 Å². The molecule has 0 aromatic heterocycles. The standard InChI is InChI=1S/C20H26N2O/c1-17-6-5-9-19(16-17)22-14-12-21(13-15-22)11-10-20(23)18-7-3-2-4-8-18/h2-9,16,20,23H,10-15H2,1H3. The number of benzene rings is 2. The molecular formula is C20H26N2O. The summed E-state index contributed by atoms with van der Waals surface area (Å²) in [6.07, 6.45) is 0.445. The second-order valence-corrected chi connectivity index (χ2v) is 6.38. The topological polar surface area (TPSA) is 26.7 Å². The van der Waals surface area contributed by atoms with Gasteiger partial charge < -0.3 is 10.0 Å². The number of aliphatic hydroxyl groups excluding tert-OH is 1. The normalized spacial score (nSPS) is 17.2. The molecule has 1 N–H and O–H groups in total. The molecule has 1 saturated heterocycles. The van der Waals surface area contributed by atoms with E-state index in [2.05, 4.69) is 41.0 Å². The summed E-state index contributed by atoms with van der Waals surface area (Å²) >= 11 is 0. The molecule has 1 heterocycles. The van der Waals surface area contributed by atoms with E-state index >= 15 is 0 Å². The Bertz CT molecular complexity index is 606. The maximum Gasteiger partial charge on any atom is 0.0802 e. The molecule has 23 heavy (non-hydrogen) atoms. The van der Waals surface area contributed by atoms with E-state index in [1.807, 2.05) is 30.3 Å². The Kier molecular flexibility index (Phi) is 5.31. The van der Waals surface area contributed by atoms with Crippen LogP contribution in [-0.4, -0.2) is 42.7 Å². The summed E-state index contributed by atoms with van der Waals surface area (Å²) in [5.74, 6) is 0. The fourth-order valence-electron chi connectivity index (χ4n) is 3.20. The van der Waals surface area contributed by atoms with Gasteiger partial charge in [-0.15, -0.1) is 0 Å². The van der Waals surface area contributed by atoms with Crippen molar-refractivity contribution in [3.05, 3.63) is 65.7 Å². The SMILES string of the molecule is Cc1cccc(N2CCN(CCC(O)c3ccccc3)CC2)c1. The Morgan fingerprint density at radius 1 is 0.957 bits per heavy atom. The van der Waals surface area contributed by atoms with Crippen LogP contribution in [0, 0.1) is 6.92 Å². The highest BCUT2D eigenvalue weighted by atomic mass is 16.3. The number of hydrogen-bond acceptors (Lipinski definition) is 3. The van der Waals surface area contributed by atoms with Gasteiger partial charge in [-0.3, -0.25) is 4.90 Å². The zero-order valence-electron chi connectivity index (χ0n) is 13.9. The first-order valence-electron chi connectivity index (χ1n) is 8.49. The van der Waals surface area contributed by atoms with E-state index in [0.29, 0.717) is 0 Å². The molecule has 0 amide bonds. The molecule has 3 rings (SSSR count). The summed E-state index contributed by atoms with van der Waals surface area (Å²) in [6.45, 7) is 7.35. The number of aryl methyl sites for hydroxylation is 1. The average Bonchev–Trinajstić information content (AvgIpc) is 2.61. The van der Waals surface area contributed by atoms with Crippen LogP contribution in [0.4, 0.5) is 5.69 Å². The number of piperazine rings is 1. The lowest BCUT2D eigenvalue weighted by atomic mass is 10.1. The third kappa shape index (κ3) is 4.34. The molecule has 2 aromatic rings. The van der Waals surface area contributed by atoms with E-state index in [-0.39, 0.29) is 6.10 Å². The number of anilines is 1. The maximum absolute atomic E-state index is 10.3. The number of nitrogens with zero attached hydrogens (tertiary/aromatic N) is 2. The van der Waals surface area contributed by atoms with E-state index in [9.17, 15) is 5.11 Å². The number of rotatable bonds is 5. The quantitative estimate of drug-likeness (QED) is 0.918. The van der Waals surface area contributed by atoms with Crippen LogP contribution in [0.15, 0.2) is 54.6 Å². The van der Waals surface area contributed by atoms with Crippen molar-refractivity contribution in [1.82, 2.24) is 4.90 Å². The molecule has 2 aromatic carbocycles. The Hall–Kier alpha value is -1.84. The minimum Gasteiger partial charge on any atom is -0.388 e. The summed E-state index contributed by atoms with van der Waals surface area (Å²) in [7, 11) is 0. The van der Waals surface area contributed by atoms with Crippen molar-refractivity contribution in [2.45, 2.75) is 19.4 Å². The lowest BCUT2D eigenvalue weighted by Crippen LogP contribution is -2.46. The first kappa shape index (κ1) is 16.0. The van der Waals surface area contributed by atoms with Gasteiger partial charge in [0, 0.05) is 38.4 Å². The molecule has 1 fully saturated rings. The minimum absolute atomic E-state index is 0.356. The third-order valence-electron chi connectivity index (χ3n) is 4.64. The van der Waals surface area contributed by atoms with Crippen LogP contribution in [0.5, 0.6) is 0 Å². The van der Waals surface area contributed by atoms with Crippen LogP contribution in [0.25, 0.3) is 0 Å². The van der Waals surface area contributed by atoms with Crippen molar-refractivity contribution in [3.8, 4) is 0 Å². The van der Waals surface area contributed by atoms with E-state index in [1.54, 1.807) is 0 Å². The van der Waals surface area contributed by atoms with Gasteiger partial charge in [-0.25, -0.2) is 0 Å². The summed E-state index contributed by atoms with van der Waals surface area (Å²) < 4.78 is 0. The summed E-state index contributed by atoms with van der Waals surface area (Å²) in [6, 6.07) is 18.7. The van der Waals surface area contributed by atoms with Crippen molar-refractivity contribution in [3.63, 3.8) is 0 Å². The monoisotopic (exact) mass is 310 g/mol. The average molecular weight is 310 g/mol. The largest absolute Gasteiger partial charge is 0.388 e. The molecule has 0 radical (unpaired) electrons. The lowest BCUT2D eigenvalue weighted by Gasteiger charge is -2.36. The molecular weight excluding hydrogens is 284 g/mol. The Morgan fingerprint density at radius 2 is 1.70 bits per heavy atom. The zero-order chi connectivity index (χ0) is 16.1. The van der Waals surface area contributed by atoms with Gasteiger partial charge in [-0.2, -0.15) is 0 Å². The van der Waals surface area contributed by atoms with Crippen molar-refractivity contribution < 1.29 is 5.11 Å². The summed E-state index contributed by atoms with van der Waals surface area (Å²) in [5.41, 5.74) is 3.66. The molecule has 1 aliphatic rings. The highest BCUT2D eigenvalue weighted by Gasteiger charge is 2.18. The smallest absolute Gasteiger partial charge is 0.0802 e. The maximum atomic E-state index is 10.3.